The second-order valence-electron chi connectivity index (χ2n) is 6.73. The summed E-state index contributed by atoms with van der Waals surface area (Å²) in [7, 11) is 0. The number of anilines is 1. The summed E-state index contributed by atoms with van der Waals surface area (Å²) in [6, 6.07) is 23.8. The van der Waals surface area contributed by atoms with Crippen LogP contribution in [-0.2, 0) is 6.42 Å². The Balaban J connectivity index is 1.28. The number of hydrogen-bond donors (Lipinski definition) is 1. The number of rotatable bonds is 10. The molecule has 3 aromatic carbocycles. The Morgan fingerprint density at radius 1 is 0.968 bits per heavy atom. The number of benzene rings is 3. The highest BCUT2D eigenvalue weighted by atomic mass is 32.1. The van der Waals surface area contributed by atoms with Gasteiger partial charge in [0.2, 0.25) is 5.13 Å². The van der Waals surface area contributed by atoms with Crippen LogP contribution in [-0.4, -0.2) is 24.4 Å². The first kappa shape index (κ1) is 20.6. The third-order valence-corrected chi connectivity index (χ3v) is 5.41. The van der Waals surface area contributed by atoms with Crippen LogP contribution in [0, 0.1) is 0 Å². The zero-order valence-electron chi connectivity index (χ0n) is 17.0. The molecule has 156 valence electrons. The molecule has 31 heavy (non-hydrogen) atoms. The largest absolute Gasteiger partial charge is 0.490 e. The van der Waals surface area contributed by atoms with Gasteiger partial charge in [0.15, 0.2) is 0 Å². The summed E-state index contributed by atoms with van der Waals surface area (Å²) in [6.07, 6.45) is 4.40. The van der Waals surface area contributed by atoms with Gasteiger partial charge in [0, 0.05) is 0 Å². The van der Waals surface area contributed by atoms with Crippen molar-refractivity contribution in [1.29, 1.82) is 0 Å². The van der Waals surface area contributed by atoms with E-state index < -0.39 is 0 Å². The minimum atomic E-state index is 0.451. The van der Waals surface area contributed by atoms with Crippen molar-refractivity contribution in [3.8, 4) is 11.5 Å². The van der Waals surface area contributed by atoms with Crippen molar-refractivity contribution in [2.24, 2.45) is 5.10 Å². The maximum absolute atomic E-state index is 5.87. The van der Waals surface area contributed by atoms with Crippen molar-refractivity contribution in [1.82, 2.24) is 4.98 Å². The van der Waals surface area contributed by atoms with Crippen molar-refractivity contribution in [2.45, 2.75) is 6.42 Å². The zero-order valence-corrected chi connectivity index (χ0v) is 17.8. The van der Waals surface area contributed by atoms with Gasteiger partial charge in [-0.1, -0.05) is 59.9 Å². The number of fused-ring (bicyclic) bond motifs is 1. The van der Waals surface area contributed by atoms with Crippen LogP contribution in [0.1, 0.15) is 11.1 Å². The summed E-state index contributed by atoms with van der Waals surface area (Å²) < 4.78 is 12.8. The minimum Gasteiger partial charge on any atom is -0.490 e. The van der Waals surface area contributed by atoms with Crippen molar-refractivity contribution in [3.05, 3.63) is 96.6 Å². The highest BCUT2D eigenvalue weighted by Crippen LogP contribution is 2.25. The van der Waals surface area contributed by atoms with Gasteiger partial charge in [-0.2, -0.15) is 5.10 Å². The topological polar surface area (TPSA) is 55.7 Å². The molecule has 0 aliphatic rings. The van der Waals surface area contributed by atoms with Gasteiger partial charge in [0.1, 0.15) is 24.7 Å². The first-order valence-corrected chi connectivity index (χ1v) is 10.8. The van der Waals surface area contributed by atoms with Crippen LogP contribution in [0.3, 0.4) is 0 Å². The highest BCUT2D eigenvalue weighted by Gasteiger charge is 2.03. The smallest absolute Gasteiger partial charge is 0.204 e. The lowest BCUT2D eigenvalue weighted by Crippen LogP contribution is -2.10. The molecule has 4 aromatic rings. The van der Waals surface area contributed by atoms with E-state index in [0.29, 0.717) is 13.2 Å². The molecule has 0 saturated heterocycles. The fourth-order valence-electron chi connectivity index (χ4n) is 3.05. The van der Waals surface area contributed by atoms with E-state index >= 15 is 0 Å². The fourth-order valence-corrected chi connectivity index (χ4v) is 3.86. The van der Waals surface area contributed by atoms with Crippen molar-refractivity contribution < 1.29 is 9.47 Å². The molecule has 0 radical (unpaired) electrons. The fraction of sp³-hybridized carbons (Fsp3) is 0.120. The number of ether oxygens (including phenoxy) is 2. The van der Waals surface area contributed by atoms with Gasteiger partial charge in [-0.05, 0) is 47.9 Å². The molecule has 0 amide bonds. The van der Waals surface area contributed by atoms with Crippen LogP contribution < -0.4 is 14.9 Å². The van der Waals surface area contributed by atoms with E-state index in [4.69, 9.17) is 9.47 Å². The second-order valence-corrected chi connectivity index (χ2v) is 7.76. The highest BCUT2D eigenvalue weighted by molar-refractivity contribution is 7.22. The molecular weight excluding hydrogens is 406 g/mol. The van der Waals surface area contributed by atoms with Crippen LogP contribution in [0.15, 0.2) is 90.6 Å². The summed E-state index contributed by atoms with van der Waals surface area (Å²) in [6.45, 7) is 4.71. The molecular formula is C25H23N3O2S. The van der Waals surface area contributed by atoms with Crippen LogP contribution in [0.5, 0.6) is 11.5 Å². The number of aromatic nitrogens is 1. The third-order valence-electron chi connectivity index (χ3n) is 4.47. The lowest BCUT2D eigenvalue weighted by molar-refractivity contribution is 0.216. The lowest BCUT2D eigenvalue weighted by atomic mass is 10.1. The lowest BCUT2D eigenvalue weighted by Gasteiger charge is -2.11. The van der Waals surface area contributed by atoms with Crippen LogP contribution in [0.25, 0.3) is 10.2 Å². The SMILES string of the molecule is C=CCc1ccccc1OCCOc1cccc(C=NNc2nc3ccccc3s2)c1. The van der Waals surface area contributed by atoms with Gasteiger partial charge in [0.25, 0.3) is 0 Å². The summed E-state index contributed by atoms with van der Waals surface area (Å²) in [5, 5.41) is 5.06. The van der Waals surface area contributed by atoms with Gasteiger partial charge >= 0.3 is 0 Å². The predicted molar refractivity (Wildman–Crippen MR) is 129 cm³/mol. The van der Waals surface area contributed by atoms with E-state index in [1.54, 1.807) is 17.6 Å². The van der Waals surface area contributed by atoms with E-state index in [0.717, 1.165) is 44.4 Å². The molecule has 1 heterocycles. The van der Waals surface area contributed by atoms with E-state index in [2.05, 4.69) is 22.1 Å². The van der Waals surface area contributed by atoms with Crippen molar-refractivity contribution in [2.75, 3.05) is 18.6 Å². The average molecular weight is 430 g/mol. The number of hydrazone groups is 1. The Morgan fingerprint density at radius 3 is 2.71 bits per heavy atom. The van der Waals surface area contributed by atoms with E-state index in [1.165, 1.54) is 0 Å². The molecule has 0 aliphatic heterocycles. The van der Waals surface area contributed by atoms with Gasteiger partial charge in [-0.15, -0.1) is 6.58 Å². The molecule has 6 heteroatoms. The van der Waals surface area contributed by atoms with Crippen LogP contribution in [0.4, 0.5) is 5.13 Å². The molecule has 0 fully saturated rings. The summed E-state index contributed by atoms with van der Waals surface area (Å²) >= 11 is 1.57. The van der Waals surface area contributed by atoms with Gasteiger partial charge in [-0.3, -0.25) is 5.43 Å². The Morgan fingerprint density at radius 2 is 1.81 bits per heavy atom. The maximum Gasteiger partial charge on any atom is 0.204 e. The standard InChI is InChI=1S/C25H23N3O2S/c1-2-8-20-10-3-5-13-23(20)30-16-15-29-21-11-7-9-19(17-21)18-26-28-25-27-22-12-4-6-14-24(22)31-25/h2-7,9-14,17-18H,1,8,15-16H2,(H,27,28). The summed E-state index contributed by atoms with van der Waals surface area (Å²) in [5.41, 5.74) is 6.02. The molecule has 1 aromatic heterocycles. The molecule has 0 bridgehead atoms. The van der Waals surface area contributed by atoms with Crippen LogP contribution >= 0.6 is 11.3 Å². The number of allylic oxidation sites excluding steroid dienone is 1. The zero-order chi connectivity index (χ0) is 21.3. The van der Waals surface area contributed by atoms with Gasteiger partial charge in [0.05, 0.1) is 16.4 Å². The Labute approximate surface area is 185 Å². The maximum atomic E-state index is 5.87. The monoisotopic (exact) mass is 429 g/mol. The average Bonchev–Trinajstić information content (AvgIpc) is 3.21. The Bertz CT molecular complexity index is 1150. The molecule has 1 N–H and O–H groups in total. The van der Waals surface area contributed by atoms with Gasteiger partial charge in [-0.25, -0.2) is 4.98 Å². The molecule has 0 aliphatic carbocycles. The third kappa shape index (κ3) is 5.71. The van der Waals surface area contributed by atoms with Crippen molar-refractivity contribution in [3.63, 3.8) is 0 Å². The Kier molecular flexibility index (Phi) is 6.92. The molecule has 5 nitrogen and oxygen atoms in total. The number of para-hydroxylation sites is 2. The van der Waals surface area contributed by atoms with E-state index in [1.807, 2.05) is 78.9 Å². The molecule has 0 spiro atoms. The molecule has 0 unspecified atom stereocenters. The number of nitrogens with one attached hydrogen (secondary N) is 1. The first-order valence-electron chi connectivity index (χ1n) is 10.0. The van der Waals surface area contributed by atoms with Crippen molar-refractivity contribution >= 4 is 32.9 Å². The molecule has 0 saturated carbocycles. The molecule has 4 rings (SSSR count). The number of hydrogen-bond acceptors (Lipinski definition) is 6. The summed E-state index contributed by atoms with van der Waals surface area (Å²) in [5.74, 6) is 1.64. The second kappa shape index (κ2) is 10.4. The van der Waals surface area contributed by atoms with E-state index in [-0.39, 0.29) is 0 Å². The van der Waals surface area contributed by atoms with Gasteiger partial charge < -0.3 is 9.47 Å². The van der Waals surface area contributed by atoms with E-state index in [9.17, 15) is 0 Å². The Hall–Kier alpha value is -3.64. The number of nitrogens with zero attached hydrogens (tertiary/aromatic N) is 2. The quantitative estimate of drug-likeness (QED) is 0.147. The predicted octanol–water partition coefficient (Wildman–Crippen LogP) is 5.93. The minimum absolute atomic E-state index is 0.451. The number of thiazole rings is 1. The molecule has 0 atom stereocenters. The summed E-state index contributed by atoms with van der Waals surface area (Å²) in [4.78, 5) is 4.50. The van der Waals surface area contributed by atoms with Crippen LogP contribution in [0.2, 0.25) is 0 Å². The normalized spacial score (nSPS) is 11.0. The first-order chi connectivity index (χ1) is 15.3.